The molecule has 3 aromatic rings. The summed E-state index contributed by atoms with van der Waals surface area (Å²) in [6.07, 6.45) is 6.76. The molecule has 1 spiro atoms. The van der Waals surface area contributed by atoms with Crippen LogP contribution in [0.5, 0.6) is 0 Å². The van der Waals surface area contributed by atoms with E-state index in [2.05, 4.69) is 26.0 Å². The van der Waals surface area contributed by atoms with Crippen LogP contribution in [0.1, 0.15) is 45.1 Å². The minimum atomic E-state index is -0.734. The van der Waals surface area contributed by atoms with Crippen LogP contribution >= 0.6 is 0 Å². The Labute approximate surface area is 185 Å². The largest absolute Gasteiger partial charge is 0.390 e. The lowest BCUT2D eigenvalue weighted by Gasteiger charge is -2.25. The Morgan fingerprint density at radius 3 is 2.66 bits per heavy atom. The molecule has 3 fully saturated rings. The maximum absolute atomic E-state index is 15.0. The third-order valence-corrected chi connectivity index (χ3v) is 7.91. The molecule has 7 nitrogen and oxygen atoms in total. The molecule has 164 valence electrons. The van der Waals surface area contributed by atoms with Gasteiger partial charge in [0.15, 0.2) is 5.82 Å². The van der Waals surface area contributed by atoms with Crippen LogP contribution in [-0.4, -0.2) is 43.5 Å². The van der Waals surface area contributed by atoms with Gasteiger partial charge in [-0.15, -0.1) is 0 Å². The van der Waals surface area contributed by atoms with E-state index in [1.165, 1.54) is 12.4 Å². The summed E-state index contributed by atoms with van der Waals surface area (Å²) in [4.78, 5) is 11.0. The zero-order chi connectivity index (χ0) is 22.3. The second-order valence-corrected chi connectivity index (χ2v) is 10.2. The number of anilines is 1. The van der Waals surface area contributed by atoms with Gasteiger partial charge in [0.2, 0.25) is 0 Å². The monoisotopic (exact) mass is 432 g/mol. The molecular weight excluding hydrogens is 407 g/mol. The van der Waals surface area contributed by atoms with Gasteiger partial charge in [0.05, 0.1) is 28.8 Å². The van der Waals surface area contributed by atoms with Crippen LogP contribution in [0.2, 0.25) is 0 Å². The quantitative estimate of drug-likeness (QED) is 0.679. The molecule has 1 N–H and O–H groups in total. The summed E-state index contributed by atoms with van der Waals surface area (Å²) < 4.78 is 16.7. The summed E-state index contributed by atoms with van der Waals surface area (Å²) in [5, 5.41) is 25.4. The fraction of sp³-hybridized carbons (Fsp3) is 0.500. The Bertz CT molecular complexity index is 1280. The molecule has 8 heteroatoms. The third-order valence-electron chi connectivity index (χ3n) is 7.91. The minimum Gasteiger partial charge on any atom is -0.390 e. The first-order chi connectivity index (χ1) is 15.3. The second kappa shape index (κ2) is 6.26. The average Bonchev–Trinajstić information content (AvgIpc) is 3.51. The molecule has 0 bridgehead atoms. The summed E-state index contributed by atoms with van der Waals surface area (Å²) >= 11 is 0. The van der Waals surface area contributed by atoms with E-state index in [4.69, 9.17) is 0 Å². The van der Waals surface area contributed by atoms with Crippen molar-refractivity contribution in [2.24, 2.45) is 11.3 Å². The zero-order valence-electron chi connectivity index (χ0n) is 18.2. The van der Waals surface area contributed by atoms with E-state index >= 15 is 0 Å². The van der Waals surface area contributed by atoms with Crippen LogP contribution in [0.3, 0.4) is 0 Å². The molecule has 2 saturated carbocycles. The number of aliphatic hydroxyl groups is 1. The highest BCUT2D eigenvalue weighted by molar-refractivity contribution is 5.82. The first-order valence-corrected chi connectivity index (χ1v) is 11.2. The number of benzene rings is 1. The SMILES string of the molecule is CC(C)(O)[C@@H]1CCN(c2cc(-n3ncc4cc(F)c(C5(C#N)CC56CC6)cc43)ncn2)C1. The van der Waals surface area contributed by atoms with Crippen LogP contribution in [0.4, 0.5) is 10.2 Å². The number of rotatable bonds is 4. The van der Waals surface area contributed by atoms with Crippen molar-refractivity contribution >= 4 is 16.7 Å². The molecule has 6 rings (SSSR count). The van der Waals surface area contributed by atoms with Crippen LogP contribution < -0.4 is 4.90 Å². The predicted molar refractivity (Wildman–Crippen MR) is 117 cm³/mol. The number of fused-ring (bicyclic) bond motifs is 1. The fourth-order valence-corrected chi connectivity index (χ4v) is 5.54. The molecule has 2 aromatic heterocycles. The highest BCUT2D eigenvalue weighted by atomic mass is 19.1. The van der Waals surface area contributed by atoms with Gasteiger partial charge < -0.3 is 10.0 Å². The number of halogens is 1. The molecule has 3 heterocycles. The minimum absolute atomic E-state index is 0.0179. The Morgan fingerprint density at radius 2 is 2.00 bits per heavy atom. The van der Waals surface area contributed by atoms with E-state index in [9.17, 15) is 14.8 Å². The molecule has 3 aliphatic rings. The van der Waals surface area contributed by atoms with E-state index in [1.54, 1.807) is 16.9 Å². The smallest absolute Gasteiger partial charge is 0.159 e. The summed E-state index contributed by atoms with van der Waals surface area (Å²) in [5.74, 6) is 1.21. The van der Waals surface area contributed by atoms with E-state index in [1.807, 2.05) is 19.9 Å². The maximum Gasteiger partial charge on any atom is 0.159 e. The van der Waals surface area contributed by atoms with Gasteiger partial charge in [-0.3, -0.25) is 0 Å². The topological polar surface area (TPSA) is 90.9 Å². The van der Waals surface area contributed by atoms with Crippen LogP contribution in [-0.2, 0) is 5.41 Å². The van der Waals surface area contributed by atoms with Gasteiger partial charge in [-0.1, -0.05) is 0 Å². The molecule has 1 saturated heterocycles. The summed E-state index contributed by atoms with van der Waals surface area (Å²) in [6, 6.07) is 7.57. The summed E-state index contributed by atoms with van der Waals surface area (Å²) in [7, 11) is 0. The molecule has 0 radical (unpaired) electrons. The van der Waals surface area contributed by atoms with Crippen LogP contribution in [0, 0.1) is 28.5 Å². The molecule has 1 unspecified atom stereocenters. The van der Waals surface area contributed by atoms with Gasteiger partial charge in [-0.05, 0) is 57.1 Å². The average molecular weight is 433 g/mol. The number of nitrogens with zero attached hydrogens (tertiary/aromatic N) is 6. The van der Waals surface area contributed by atoms with Crippen molar-refractivity contribution in [1.82, 2.24) is 19.7 Å². The van der Waals surface area contributed by atoms with Gasteiger partial charge in [0.1, 0.15) is 18.0 Å². The predicted octanol–water partition coefficient (Wildman–Crippen LogP) is 3.50. The van der Waals surface area contributed by atoms with Gasteiger partial charge >= 0.3 is 0 Å². The number of hydrogen-bond donors (Lipinski definition) is 1. The highest BCUT2D eigenvalue weighted by Crippen LogP contribution is 2.78. The lowest BCUT2D eigenvalue weighted by molar-refractivity contribution is 0.0263. The van der Waals surface area contributed by atoms with Crippen molar-refractivity contribution < 1.29 is 9.50 Å². The Hall–Kier alpha value is -3.05. The van der Waals surface area contributed by atoms with Gasteiger partial charge in [-0.25, -0.2) is 19.0 Å². The van der Waals surface area contributed by atoms with Gasteiger partial charge in [0, 0.05) is 36.0 Å². The Morgan fingerprint density at radius 1 is 1.22 bits per heavy atom. The van der Waals surface area contributed by atoms with E-state index < -0.39 is 11.0 Å². The second-order valence-electron chi connectivity index (χ2n) is 10.2. The van der Waals surface area contributed by atoms with Crippen molar-refractivity contribution in [3.63, 3.8) is 0 Å². The van der Waals surface area contributed by atoms with Crippen molar-refractivity contribution in [1.29, 1.82) is 5.26 Å². The lowest BCUT2D eigenvalue weighted by atomic mass is 9.90. The van der Waals surface area contributed by atoms with E-state index in [0.29, 0.717) is 16.8 Å². The maximum atomic E-state index is 15.0. The normalized spacial score (nSPS) is 26.0. The Kier molecular flexibility index (Phi) is 3.84. The first kappa shape index (κ1) is 19.6. The third kappa shape index (κ3) is 2.70. The van der Waals surface area contributed by atoms with Crippen molar-refractivity contribution in [3.8, 4) is 11.9 Å². The molecule has 2 aliphatic carbocycles. The standard InChI is InChI=1S/C24H25FN6O/c1-22(2,32)16-3-6-30(11-16)20-9-21(28-14-27-20)31-19-8-17(18(25)7-15(19)10-29-31)24(13-26)12-23(24)4-5-23/h7-10,14,16,32H,3-6,11-12H2,1-2H3/t16-,24?/m1/s1. The lowest BCUT2D eigenvalue weighted by Crippen LogP contribution is -2.33. The van der Waals surface area contributed by atoms with Gasteiger partial charge in [-0.2, -0.15) is 10.4 Å². The van der Waals surface area contributed by atoms with Crippen LogP contribution in [0.15, 0.2) is 30.7 Å². The van der Waals surface area contributed by atoms with Crippen molar-refractivity contribution in [2.75, 3.05) is 18.0 Å². The first-order valence-electron chi connectivity index (χ1n) is 11.2. The highest BCUT2D eigenvalue weighted by Gasteiger charge is 2.76. The van der Waals surface area contributed by atoms with Crippen molar-refractivity contribution in [2.45, 2.75) is 50.5 Å². The van der Waals surface area contributed by atoms with Crippen LogP contribution in [0.25, 0.3) is 16.7 Å². The Balaban J connectivity index is 1.38. The number of hydrogen-bond acceptors (Lipinski definition) is 6. The molecule has 2 atom stereocenters. The van der Waals surface area contributed by atoms with Gasteiger partial charge in [0.25, 0.3) is 0 Å². The summed E-state index contributed by atoms with van der Waals surface area (Å²) in [5.41, 5.74) is -0.246. The molecule has 32 heavy (non-hydrogen) atoms. The van der Waals surface area contributed by atoms with E-state index in [-0.39, 0.29) is 17.2 Å². The van der Waals surface area contributed by atoms with Crippen molar-refractivity contribution in [3.05, 3.63) is 42.1 Å². The molecule has 1 aliphatic heterocycles. The number of nitriles is 1. The molecular formula is C24H25FN6O. The fourth-order valence-electron chi connectivity index (χ4n) is 5.54. The molecule has 0 amide bonds. The summed E-state index contributed by atoms with van der Waals surface area (Å²) in [6.45, 7) is 5.23. The van der Waals surface area contributed by atoms with E-state index in [0.717, 1.165) is 50.1 Å². The number of aromatic nitrogens is 4. The molecule has 1 aromatic carbocycles. The zero-order valence-corrected chi connectivity index (χ0v) is 18.2.